The van der Waals surface area contributed by atoms with Crippen LogP contribution in [0.25, 0.3) is 10.9 Å². The van der Waals surface area contributed by atoms with E-state index in [4.69, 9.17) is 0 Å². The summed E-state index contributed by atoms with van der Waals surface area (Å²) in [6.45, 7) is 4.50. The van der Waals surface area contributed by atoms with E-state index < -0.39 is 0 Å². The fraction of sp³-hybridized carbons (Fsp3) is 0.471. The molecule has 0 radical (unpaired) electrons. The van der Waals surface area contributed by atoms with Gasteiger partial charge in [0.15, 0.2) is 0 Å². The Balaban J connectivity index is 1.78. The number of carbonyl (C=O) groups excluding carboxylic acids is 1. The van der Waals surface area contributed by atoms with E-state index in [1.807, 2.05) is 30.3 Å². The molecule has 106 valence electrons. The molecule has 1 aliphatic carbocycles. The van der Waals surface area contributed by atoms with Crippen LogP contribution in [0.4, 0.5) is 0 Å². The maximum atomic E-state index is 12.4. The summed E-state index contributed by atoms with van der Waals surface area (Å²) in [4.78, 5) is 15.6. The van der Waals surface area contributed by atoms with E-state index in [1.165, 1.54) is 19.3 Å². The third-order valence-electron chi connectivity index (χ3n) is 4.59. The van der Waals surface area contributed by atoms with Crippen LogP contribution < -0.4 is 5.32 Å². The van der Waals surface area contributed by atoms with Crippen LogP contribution in [0.3, 0.4) is 0 Å². The highest BCUT2D eigenvalue weighted by atomic mass is 16.1. The maximum Gasteiger partial charge on any atom is 0.267 e. The number of aromatic amines is 1. The van der Waals surface area contributed by atoms with Gasteiger partial charge < -0.3 is 10.3 Å². The van der Waals surface area contributed by atoms with Crippen LogP contribution in [0.1, 0.15) is 50.0 Å². The van der Waals surface area contributed by atoms with Crippen molar-refractivity contribution in [3.8, 4) is 0 Å². The minimum absolute atomic E-state index is 0.0150. The van der Waals surface area contributed by atoms with Crippen molar-refractivity contribution >= 4 is 16.8 Å². The van der Waals surface area contributed by atoms with Gasteiger partial charge in [-0.1, -0.05) is 44.9 Å². The summed E-state index contributed by atoms with van der Waals surface area (Å²) in [5.41, 5.74) is 1.87. The van der Waals surface area contributed by atoms with Crippen LogP contribution in [0.15, 0.2) is 30.3 Å². The van der Waals surface area contributed by atoms with E-state index in [0.29, 0.717) is 5.69 Å². The molecule has 0 saturated heterocycles. The molecule has 1 unspecified atom stereocenters. The number of fused-ring (bicyclic) bond motifs is 1. The zero-order valence-corrected chi connectivity index (χ0v) is 12.2. The van der Waals surface area contributed by atoms with Gasteiger partial charge in [0, 0.05) is 16.9 Å². The van der Waals surface area contributed by atoms with Gasteiger partial charge in [-0.3, -0.25) is 4.79 Å². The highest BCUT2D eigenvalue weighted by Gasteiger charge is 2.33. The zero-order chi connectivity index (χ0) is 14.2. The van der Waals surface area contributed by atoms with Gasteiger partial charge >= 0.3 is 0 Å². The number of hydrogen-bond donors (Lipinski definition) is 2. The molecule has 3 nitrogen and oxygen atoms in total. The van der Waals surface area contributed by atoms with E-state index in [9.17, 15) is 4.79 Å². The van der Waals surface area contributed by atoms with E-state index >= 15 is 0 Å². The molecule has 0 bridgehead atoms. The highest BCUT2D eigenvalue weighted by Crippen LogP contribution is 2.35. The van der Waals surface area contributed by atoms with Crippen LogP contribution in [0.5, 0.6) is 0 Å². The SMILES string of the molecule is CC1(C)CCCCC1NC(=O)c1cc2ccccc2[nH]1. The van der Waals surface area contributed by atoms with E-state index in [2.05, 4.69) is 24.1 Å². The number of H-pyrrole nitrogens is 1. The van der Waals surface area contributed by atoms with Crippen molar-refractivity contribution in [1.29, 1.82) is 0 Å². The lowest BCUT2D eigenvalue weighted by Crippen LogP contribution is -2.46. The molecule has 1 saturated carbocycles. The van der Waals surface area contributed by atoms with Crippen molar-refractivity contribution in [3.05, 3.63) is 36.0 Å². The van der Waals surface area contributed by atoms with Crippen LogP contribution >= 0.6 is 0 Å². The largest absolute Gasteiger partial charge is 0.351 e. The number of amides is 1. The van der Waals surface area contributed by atoms with Crippen molar-refractivity contribution in [2.24, 2.45) is 5.41 Å². The molecule has 2 aromatic rings. The number of nitrogens with one attached hydrogen (secondary N) is 2. The van der Waals surface area contributed by atoms with Crippen LogP contribution in [-0.2, 0) is 0 Å². The molecule has 1 fully saturated rings. The Hall–Kier alpha value is -1.77. The lowest BCUT2D eigenvalue weighted by atomic mass is 9.73. The van der Waals surface area contributed by atoms with E-state index in [-0.39, 0.29) is 17.4 Å². The van der Waals surface area contributed by atoms with Crippen LogP contribution in [0.2, 0.25) is 0 Å². The summed E-state index contributed by atoms with van der Waals surface area (Å²) in [5.74, 6) is 0.0150. The summed E-state index contributed by atoms with van der Waals surface area (Å²) >= 11 is 0. The highest BCUT2D eigenvalue weighted by molar-refractivity contribution is 5.98. The van der Waals surface area contributed by atoms with Crippen LogP contribution in [0, 0.1) is 5.41 Å². The molecule has 1 aliphatic rings. The maximum absolute atomic E-state index is 12.4. The first kappa shape index (κ1) is 13.2. The first-order valence-electron chi connectivity index (χ1n) is 7.45. The molecular formula is C17H22N2O. The smallest absolute Gasteiger partial charge is 0.267 e. The average molecular weight is 270 g/mol. The molecule has 3 rings (SSSR count). The van der Waals surface area contributed by atoms with Crippen molar-refractivity contribution in [1.82, 2.24) is 10.3 Å². The quantitative estimate of drug-likeness (QED) is 0.855. The Labute approximate surface area is 119 Å². The van der Waals surface area contributed by atoms with Gasteiger partial charge in [0.05, 0.1) is 0 Å². The molecule has 1 amide bonds. The van der Waals surface area contributed by atoms with Crippen molar-refractivity contribution < 1.29 is 4.79 Å². The van der Waals surface area contributed by atoms with Gasteiger partial charge in [0.25, 0.3) is 5.91 Å². The van der Waals surface area contributed by atoms with Gasteiger partial charge in [-0.2, -0.15) is 0 Å². The lowest BCUT2D eigenvalue weighted by molar-refractivity contribution is 0.0849. The molecule has 0 aliphatic heterocycles. The number of benzene rings is 1. The summed E-state index contributed by atoms with van der Waals surface area (Å²) in [5, 5.41) is 4.30. The van der Waals surface area contributed by atoms with Gasteiger partial charge in [0.1, 0.15) is 5.69 Å². The molecule has 1 aromatic carbocycles. The van der Waals surface area contributed by atoms with Gasteiger partial charge in [0.2, 0.25) is 0 Å². The summed E-state index contributed by atoms with van der Waals surface area (Å²) < 4.78 is 0. The molecule has 1 aromatic heterocycles. The molecular weight excluding hydrogens is 248 g/mol. The summed E-state index contributed by atoms with van der Waals surface area (Å²) in [6, 6.07) is 10.2. The standard InChI is InChI=1S/C17H22N2O/c1-17(2)10-6-5-9-15(17)19-16(20)14-11-12-7-3-4-8-13(12)18-14/h3-4,7-8,11,15,18H,5-6,9-10H2,1-2H3,(H,19,20). The average Bonchev–Trinajstić information content (AvgIpc) is 2.85. The molecule has 2 N–H and O–H groups in total. The first-order valence-corrected chi connectivity index (χ1v) is 7.45. The number of hydrogen-bond acceptors (Lipinski definition) is 1. The summed E-state index contributed by atoms with van der Waals surface area (Å²) in [6.07, 6.45) is 4.75. The molecule has 0 spiro atoms. The fourth-order valence-corrected chi connectivity index (χ4v) is 3.19. The van der Waals surface area contributed by atoms with Gasteiger partial charge in [-0.25, -0.2) is 0 Å². The minimum Gasteiger partial charge on any atom is -0.351 e. The Bertz CT molecular complexity index is 594. The Morgan fingerprint density at radius 3 is 2.85 bits per heavy atom. The molecule has 1 heterocycles. The fourth-order valence-electron chi connectivity index (χ4n) is 3.19. The van der Waals surface area contributed by atoms with E-state index in [1.54, 1.807) is 0 Å². The van der Waals surface area contributed by atoms with Crippen molar-refractivity contribution in [2.45, 2.75) is 45.6 Å². The first-order chi connectivity index (χ1) is 9.56. The molecule has 1 atom stereocenters. The number of carbonyl (C=O) groups is 1. The zero-order valence-electron chi connectivity index (χ0n) is 12.2. The lowest BCUT2D eigenvalue weighted by Gasteiger charge is -2.38. The third-order valence-corrected chi connectivity index (χ3v) is 4.59. The van der Waals surface area contributed by atoms with Gasteiger partial charge in [-0.05, 0) is 30.4 Å². The number of aromatic nitrogens is 1. The second-order valence-corrected chi connectivity index (χ2v) is 6.53. The molecule has 20 heavy (non-hydrogen) atoms. The van der Waals surface area contributed by atoms with Crippen molar-refractivity contribution in [2.75, 3.05) is 0 Å². The predicted octanol–water partition coefficient (Wildman–Crippen LogP) is 3.87. The second-order valence-electron chi connectivity index (χ2n) is 6.53. The Morgan fingerprint density at radius 1 is 1.30 bits per heavy atom. The monoisotopic (exact) mass is 270 g/mol. The summed E-state index contributed by atoms with van der Waals surface area (Å²) in [7, 11) is 0. The van der Waals surface area contributed by atoms with Crippen LogP contribution in [-0.4, -0.2) is 16.9 Å². The molecule has 3 heteroatoms. The van der Waals surface area contributed by atoms with Crippen molar-refractivity contribution in [3.63, 3.8) is 0 Å². The van der Waals surface area contributed by atoms with E-state index in [0.717, 1.165) is 17.3 Å². The predicted molar refractivity (Wildman–Crippen MR) is 81.8 cm³/mol. The Kier molecular flexibility index (Phi) is 3.28. The second kappa shape index (κ2) is 4.97. The number of para-hydroxylation sites is 1. The third kappa shape index (κ3) is 2.45. The van der Waals surface area contributed by atoms with Gasteiger partial charge in [-0.15, -0.1) is 0 Å². The topological polar surface area (TPSA) is 44.9 Å². The number of rotatable bonds is 2. The normalized spacial score (nSPS) is 21.8. The minimum atomic E-state index is 0.0150. The Morgan fingerprint density at radius 2 is 2.10 bits per heavy atom.